The lowest BCUT2D eigenvalue weighted by Gasteiger charge is -2.50. The Kier molecular flexibility index (Phi) is 18.0. The van der Waals surface area contributed by atoms with Crippen molar-refractivity contribution in [3.63, 3.8) is 0 Å². The number of hydrogen-bond acceptors (Lipinski definition) is 24. The number of aliphatic hydroxyl groups excluding tert-OH is 13. The van der Waals surface area contributed by atoms with Crippen LogP contribution in [0.1, 0.15) is 20.3 Å². The Balaban J connectivity index is 1.62. The summed E-state index contributed by atoms with van der Waals surface area (Å²) in [6, 6.07) is -5.14. The second-order valence-electron chi connectivity index (χ2n) is 14.8. The fourth-order valence-electron chi connectivity index (χ4n) is 7.34. The van der Waals surface area contributed by atoms with Crippen LogP contribution >= 0.6 is 0 Å². The molecule has 0 bridgehead atoms. The third kappa shape index (κ3) is 11.4. The first-order valence-corrected chi connectivity index (χ1v) is 18.9. The van der Waals surface area contributed by atoms with Gasteiger partial charge in [-0.2, -0.15) is 0 Å². The maximum Gasteiger partial charge on any atom is 0.364 e. The minimum atomic E-state index is -2.99. The average molecular weight is 894 g/mol. The van der Waals surface area contributed by atoms with Crippen LogP contribution in [0.4, 0.5) is 0 Å². The van der Waals surface area contributed by atoms with Crippen LogP contribution in [0.15, 0.2) is 0 Å². The quantitative estimate of drug-likeness (QED) is 0.0644. The van der Waals surface area contributed by atoms with Gasteiger partial charge in [-0.05, 0) is 0 Å². The van der Waals surface area contributed by atoms with E-state index in [4.69, 9.17) is 33.2 Å². The second-order valence-corrected chi connectivity index (χ2v) is 14.8. The molecule has 0 aromatic rings. The number of carbonyl (C=O) groups is 4. The van der Waals surface area contributed by atoms with Crippen LogP contribution in [0.3, 0.4) is 0 Å². The summed E-state index contributed by atoms with van der Waals surface area (Å²) in [6.07, 6.45) is -33.5. The highest BCUT2D eigenvalue weighted by Crippen LogP contribution is 2.36. The summed E-state index contributed by atoms with van der Waals surface area (Å²) >= 11 is 0. The highest BCUT2D eigenvalue weighted by atomic mass is 16.8. The molecule has 21 atom stereocenters. The first kappa shape index (κ1) is 50.7. The van der Waals surface area contributed by atoms with E-state index in [-0.39, 0.29) is 0 Å². The highest BCUT2D eigenvalue weighted by Gasteiger charge is 2.58. The van der Waals surface area contributed by atoms with Gasteiger partial charge in [0.25, 0.3) is 5.79 Å². The molecule has 0 unspecified atom stereocenters. The fraction of sp³-hybridized carbons (Fsp3) is 0.879. The maximum atomic E-state index is 12.7. The summed E-state index contributed by atoms with van der Waals surface area (Å²) in [4.78, 5) is 49.3. The second kappa shape index (κ2) is 21.6. The number of hydrogen-bond donors (Lipinski definition) is 17. The molecule has 0 saturated carbocycles. The molecule has 28 nitrogen and oxygen atoms in total. The Morgan fingerprint density at radius 3 is 1.84 bits per heavy atom. The van der Waals surface area contributed by atoms with Crippen molar-refractivity contribution in [1.82, 2.24) is 16.0 Å². The number of nitrogens with one attached hydrogen (secondary N) is 3. The minimum absolute atomic E-state index is 0.820. The largest absolute Gasteiger partial charge is 0.477 e. The molecule has 28 heteroatoms. The van der Waals surface area contributed by atoms with Crippen molar-refractivity contribution in [2.24, 2.45) is 0 Å². The van der Waals surface area contributed by atoms with Gasteiger partial charge in [-0.15, -0.1) is 0 Å². The zero-order chi connectivity index (χ0) is 45.7. The number of aliphatic hydroxyl groups is 13. The average Bonchev–Trinajstić information content (AvgIpc) is 3.21. The van der Waals surface area contributed by atoms with Gasteiger partial charge in [0.05, 0.1) is 38.6 Å². The summed E-state index contributed by atoms with van der Waals surface area (Å²) in [5.41, 5.74) is 0. The molecule has 0 aromatic carbocycles. The topological polar surface area (TPSA) is 452 Å². The van der Waals surface area contributed by atoms with Crippen molar-refractivity contribution in [2.45, 2.75) is 149 Å². The van der Waals surface area contributed by atoms with Crippen molar-refractivity contribution in [2.75, 3.05) is 33.0 Å². The molecule has 0 spiro atoms. The zero-order valence-corrected chi connectivity index (χ0v) is 32.5. The molecule has 4 fully saturated rings. The van der Waals surface area contributed by atoms with Crippen LogP contribution in [0, 0.1) is 0 Å². The van der Waals surface area contributed by atoms with E-state index in [1.165, 1.54) is 0 Å². The molecular weight excluding hydrogens is 838 g/mol. The summed E-state index contributed by atoms with van der Waals surface area (Å²) in [5.74, 6) is -7.72. The summed E-state index contributed by atoms with van der Waals surface area (Å²) < 4.78 is 39.3. The lowest BCUT2D eigenvalue weighted by Crippen LogP contribution is -2.71. The van der Waals surface area contributed by atoms with Crippen LogP contribution in [0.5, 0.6) is 0 Å². The number of carbonyl (C=O) groups excluding carboxylic acids is 3. The van der Waals surface area contributed by atoms with Crippen molar-refractivity contribution >= 4 is 23.7 Å². The van der Waals surface area contributed by atoms with Gasteiger partial charge in [-0.1, -0.05) is 0 Å². The summed E-state index contributed by atoms with van der Waals surface area (Å²) in [6.45, 7) is -3.13. The number of aliphatic carboxylic acids is 1. The molecule has 17 N–H and O–H groups in total. The van der Waals surface area contributed by atoms with Crippen LogP contribution in [0.2, 0.25) is 0 Å². The molecule has 61 heavy (non-hydrogen) atoms. The molecule has 4 heterocycles. The highest BCUT2D eigenvalue weighted by molar-refractivity contribution is 5.78. The SMILES string of the molecule is CC(=O)N[C@@H]1[C@@H](O[C@@H]2O[C@H](CO)[C@@H](O[C@@H]3O[C@H](CO)[C@H](O)[C@H](O)[C@H]3O)[C@H](O)[C@H]2NC(C)=O)[C@@H](O)[C@@H](CO[C@]2(C(=O)O)C[C@H](O)[C@@H](NC(=O)CO)[C@H]([C@H](O)[C@H](O)CO)O2)O[C@@H]1O. The van der Waals surface area contributed by atoms with Gasteiger partial charge >= 0.3 is 5.97 Å². The molecular formula is C33H55N3O25. The molecule has 3 amide bonds. The van der Waals surface area contributed by atoms with Crippen LogP contribution < -0.4 is 16.0 Å². The maximum absolute atomic E-state index is 12.7. The van der Waals surface area contributed by atoms with Crippen molar-refractivity contribution in [3.8, 4) is 0 Å². The Bertz CT molecular complexity index is 1480. The lowest BCUT2D eigenvalue weighted by atomic mass is 9.88. The van der Waals surface area contributed by atoms with Gasteiger partial charge in [0.2, 0.25) is 17.7 Å². The molecule has 0 aliphatic carbocycles. The number of rotatable bonds is 17. The third-order valence-corrected chi connectivity index (χ3v) is 10.5. The number of carboxylic acid groups (broad SMARTS) is 1. The van der Waals surface area contributed by atoms with Crippen molar-refractivity contribution < 1.29 is 124 Å². The Morgan fingerprint density at radius 1 is 0.689 bits per heavy atom. The number of carboxylic acids is 1. The first-order valence-electron chi connectivity index (χ1n) is 18.9. The zero-order valence-electron chi connectivity index (χ0n) is 32.5. The van der Waals surface area contributed by atoms with E-state index in [0.717, 1.165) is 13.8 Å². The summed E-state index contributed by atoms with van der Waals surface area (Å²) in [7, 11) is 0. The van der Waals surface area contributed by atoms with Crippen LogP contribution in [0.25, 0.3) is 0 Å². The van der Waals surface area contributed by atoms with Crippen LogP contribution in [-0.4, -0.2) is 256 Å². The standard InChI is InChI=1S/C33H55N3O25/c1-9(41)34-18-23(49)26(59-31-25(51)24(50)21(47)13(5-38)57-31)14(6-39)58-30(18)60-27-19(35-10(2)42)29(52)56-15(22(27)48)8-55-33(32(53)54)3-11(43)17(36-16(45)7-40)28(61-33)20(46)12(44)4-37/h11-15,17-31,37-40,43-44,46-52H,3-8H2,1-2H3,(H,34,41)(H,35,42)(H,36,45)(H,53,54)/t11-,12+,13+,14+,15+,17+,18+,19+,20+,21-,22-,23+,24-,25+,26+,27+,28+,29-,30-,31-,33+/m0/s1. The molecule has 352 valence electrons. The minimum Gasteiger partial charge on any atom is -0.477 e. The molecule has 0 aromatic heterocycles. The normalized spacial score (nSPS) is 42.8. The number of amides is 3. The van der Waals surface area contributed by atoms with Gasteiger partial charge in [0.15, 0.2) is 18.9 Å². The Labute approximate surface area is 345 Å². The third-order valence-electron chi connectivity index (χ3n) is 10.5. The lowest BCUT2D eigenvalue weighted by molar-refractivity contribution is -0.362. The van der Waals surface area contributed by atoms with Crippen LogP contribution in [-0.2, 0) is 52.3 Å². The smallest absolute Gasteiger partial charge is 0.364 e. The first-order chi connectivity index (χ1) is 28.6. The predicted molar refractivity (Wildman–Crippen MR) is 187 cm³/mol. The van der Waals surface area contributed by atoms with Gasteiger partial charge in [-0.25, -0.2) is 4.79 Å². The van der Waals surface area contributed by atoms with E-state index in [2.05, 4.69) is 16.0 Å². The Morgan fingerprint density at radius 2 is 1.28 bits per heavy atom. The molecule has 4 aliphatic rings. The Hall–Kier alpha value is -2.92. The molecule has 0 radical (unpaired) electrons. The molecule has 4 saturated heterocycles. The van der Waals surface area contributed by atoms with Gasteiger partial charge in [0.1, 0.15) is 98.0 Å². The molecule has 4 rings (SSSR count). The van der Waals surface area contributed by atoms with Gasteiger partial charge in [-0.3, -0.25) is 14.4 Å². The van der Waals surface area contributed by atoms with Crippen molar-refractivity contribution in [3.05, 3.63) is 0 Å². The van der Waals surface area contributed by atoms with Gasteiger partial charge < -0.3 is 121 Å². The van der Waals surface area contributed by atoms with E-state index < -0.39 is 191 Å². The van der Waals surface area contributed by atoms with E-state index in [9.17, 15) is 90.7 Å². The van der Waals surface area contributed by atoms with Crippen molar-refractivity contribution in [1.29, 1.82) is 0 Å². The fourth-order valence-corrected chi connectivity index (χ4v) is 7.34. The van der Waals surface area contributed by atoms with E-state index in [1.54, 1.807) is 0 Å². The van der Waals surface area contributed by atoms with E-state index >= 15 is 0 Å². The summed E-state index contributed by atoms with van der Waals surface area (Å²) in [5, 5.41) is 152. The van der Waals surface area contributed by atoms with E-state index in [1.807, 2.05) is 0 Å². The predicted octanol–water partition coefficient (Wildman–Crippen LogP) is -11.1. The number of ether oxygens (including phenoxy) is 7. The monoisotopic (exact) mass is 893 g/mol. The molecule has 4 aliphatic heterocycles. The van der Waals surface area contributed by atoms with Gasteiger partial charge in [0, 0.05) is 20.3 Å². The van der Waals surface area contributed by atoms with E-state index in [0.29, 0.717) is 0 Å².